The number of nitrogens with zero attached hydrogens (tertiary/aromatic N) is 1. The molecule has 0 aromatic heterocycles. The minimum absolute atomic E-state index is 0.201. The zero-order valence-electron chi connectivity index (χ0n) is 21.1. The van der Waals surface area contributed by atoms with E-state index in [2.05, 4.69) is 130 Å². The van der Waals surface area contributed by atoms with Gasteiger partial charge in [0.15, 0.2) is 0 Å². The molecule has 0 atom stereocenters. The highest BCUT2D eigenvalue weighted by Gasteiger charge is 2.50. The summed E-state index contributed by atoms with van der Waals surface area (Å²) in [6.45, 7) is 8.98. The maximum absolute atomic E-state index is 5.91. The van der Waals surface area contributed by atoms with Crippen LogP contribution in [0.25, 0.3) is 43.8 Å². The summed E-state index contributed by atoms with van der Waals surface area (Å²) < 4.78 is 0. The second-order valence-corrected chi connectivity index (χ2v) is 10.6. The molecule has 0 saturated heterocycles. The van der Waals surface area contributed by atoms with Crippen LogP contribution in [0.1, 0.15) is 38.8 Å². The van der Waals surface area contributed by atoms with E-state index in [1.807, 2.05) is 0 Å². The Labute approximate surface area is 207 Å². The molecule has 0 saturated carbocycles. The number of hydrogen-bond acceptors (Lipinski definition) is 2. The fourth-order valence-electron chi connectivity index (χ4n) is 6.47. The molecule has 2 heteroatoms. The predicted octanol–water partition coefficient (Wildman–Crippen LogP) is 8.67. The van der Waals surface area contributed by atoms with Crippen LogP contribution in [0.4, 0.5) is 0 Å². The third kappa shape index (κ3) is 3.10. The molecule has 5 aromatic carbocycles. The van der Waals surface area contributed by atoms with Gasteiger partial charge in [-0.2, -0.15) is 5.06 Å². The van der Waals surface area contributed by atoms with Crippen LogP contribution in [0, 0.1) is 0 Å². The number of benzene rings is 5. The summed E-state index contributed by atoms with van der Waals surface area (Å²) in [5.74, 6) is 0. The average molecular weight is 458 g/mol. The van der Waals surface area contributed by atoms with E-state index in [-0.39, 0.29) is 11.1 Å². The predicted molar refractivity (Wildman–Crippen MR) is 147 cm³/mol. The van der Waals surface area contributed by atoms with Crippen molar-refractivity contribution in [1.29, 1.82) is 0 Å². The van der Waals surface area contributed by atoms with Crippen LogP contribution in [-0.2, 0) is 15.9 Å². The first-order chi connectivity index (χ1) is 16.9. The Morgan fingerprint density at radius 2 is 0.971 bits per heavy atom. The lowest BCUT2D eigenvalue weighted by atomic mass is 9.83. The molecule has 0 N–H and O–H groups in total. The first-order valence-corrected chi connectivity index (χ1v) is 12.3. The highest BCUT2D eigenvalue weighted by molar-refractivity contribution is 6.21. The van der Waals surface area contributed by atoms with Crippen molar-refractivity contribution < 1.29 is 4.84 Å². The van der Waals surface area contributed by atoms with Crippen molar-refractivity contribution in [2.75, 3.05) is 7.11 Å². The summed E-state index contributed by atoms with van der Waals surface area (Å²) in [5.41, 5.74) is 7.30. The van der Waals surface area contributed by atoms with Crippen molar-refractivity contribution in [3.8, 4) is 22.3 Å². The molecule has 1 heterocycles. The minimum atomic E-state index is -0.237. The molecule has 0 aliphatic carbocycles. The molecule has 5 aromatic rings. The highest BCUT2D eigenvalue weighted by Crippen LogP contribution is 2.51. The molecule has 2 nitrogen and oxygen atoms in total. The Morgan fingerprint density at radius 3 is 1.49 bits per heavy atom. The Kier molecular flexibility index (Phi) is 4.90. The molecule has 0 fully saturated rings. The topological polar surface area (TPSA) is 12.5 Å². The standard InChI is InChI=1S/C33H31NO/c1-32(2)28-20-19-23(21-29(28)33(3,4)34(32)35-5)31-26-17-11-9-15-24(26)30(22-13-7-6-8-14-22)25-16-10-12-18-27(25)31/h6-21H,1-5H3. The smallest absolute Gasteiger partial charge is 0.0668 e. The maximum Gasteiger partial charge on any atom is 0.0668 e. The van der Waals surface area contributed by atoms with Gasteiger partial charge in [0.25, 0.3) is 0 Å². The van der Waals surface area contributed by atoms with Crippen molar-refractivity contribution in [1.82, 2.24) is 5.06 Å². The normalized spacial score (nSPS) is 16.6. The van der Waals surface area contributed by atoms with Gasteiger partial charge in [0.05, 0.1) is 18.2 Å². The zero-order chi connectivity index (χ0) is 24.4. The Hall–Kier alpha value is -3.46. The second kappa shape index (κ2) is 7.78. The third-order valence-electron chi connectivity index (χ3n) is 7.82. The molecule has 174 valence electrons. The molecule has 6 rings (SSSR count). The molecule has 0 unspecified atom stereocenters. The van der Waals surface area contributed by atoms with Gasteiger partial charge in [-0.3, -0.25) is 0 Å². The van der Waals surface area contributed by atoms with Gasteiger partial charge in [0, 0.05) is 0 Å². The molecule has 0 spiro atoms. The Bertz CT molecular complexity index is 1520. The third-order valence-corrected chi connectivity index (χ3v) is 7.82. The van der Waals surface area contributed by atoms with Crippen LogP contribution in [0.2, 0.25) is 0 Å². The quantitative estimate of drug-likeness (QED) is 0.251. The fraction of sp³-hybridized carbons (Fsp3) is 0.212. The van der Waals surface area contributed by atoms with Gasteiger partial charge in [-0.1, -0.05) is 91.0 Å². The van der Waals surface area contributed by atoms with Gasteiger partial charge in [0.1, 0.15) is 0 Å². The van der Waals surface area contributed by atoms with E-state index >= 15 is 0 Å². The maximum atomic E-state index is 5.91. The fourth-order valence-corrected chi connectivity index (χ4v) is 6.47. The van der Waals surface area contributed by atoms with E-state index in [9.17, 15) is 0 Å². The zero-order valence-corrected chi connectivity index (χ0v) is 21.1. The Morgan fingerprint density at radius 1 is 0.514 bits per heavy atom. The van der Waals surface area contributed by atoms with E-state index in [0.717, 1.165) is 0 Å². The lowest BCUT2D eigenvalue weighted by Crippen LogP contribution is -2.44. The first kappa shape index (κ1) is 22.0. The van der Waals surface area contributed by atoms with Crippen LogP contribution >= 0.6 is 0 Å². The van der Waals surface area contributed by atoms with E-state index < -0.39 is 0 Å². The average Bonchev–Trinajstić information content (AvgIpc) is 3.02. The van der Waals surface area contributed by atoms with Gasteiger partial charge in [-0.15, -0.1) is 0 Å². The van der Waals surface area contributed by atoms with Gasteiger partial charge < -0.3 is 4.84 Å². The summed E-state index contributed by atoms with van der Waals surface area (Å²) >= 11 is 0. The van der Waals surface area contributed by atoms with Crippen molar-refractivity contribution >= 4 is 21.5 Å². The summed E-state index contributed by atoms with van der Waals surface area (Å²) in [4.78, 5) is 5.91. The Balaban J connectivity index is 1.70. The highest BCUT2D eigenvalue weighted by atomic mass is 16.7. The van der Waals surface area contributed by atoms with E-state index in [1.54, 1.807) is 7.11 Å². The lowest BCUT2D eigenvalue weighted by Gasteiger charge is -2.38. The molecular formula is C33H31NO. The summed E-state index contributed by atoms with van der Waals surface area (Å²) in [6.07, 6.45) is 0. The summed E-state index contributed by atoms with van der Waals surface area (Å²) in [5, 5.41) is 7.26. The van der Waals surface area contributed by atoms with Gasteiger partial charge in [-0.25, -0.2) is 0 Å². The number of hydroxylamine groups is 2. The van der Waals surface area contributed by atoms with Crippen LogP contribution < -0.4 is 0 Å². The molecule has 35 heavy (non-hydrogen) atoms. The monoisotopic (exact) mass is 457 g/mol. The van der Waals surface area contributed by atoms with Crippen LogP contribution in [0.15, 0.2) is 97.1 Å². The second-order valence-electron chi connectivity index (χ2n) is 10.6. The van der Waals surface area contributed by atoms with Crippen molar-refractivity contribution in [3.05, 3.63) is 108 Å². The summed E-state index contributed by atoms with van der Waals surface area (Å²) in [7, 11) is 1.78. The first-order valence-electron chi connectivity index (χ1n) is 12.3. The molecule has 0 amide bonds. The van der Waals surface area contributed by atoms with Crippen molar-refractivity contribution in [2.24, 2.45) is 0 Å². The molecule has 1 aliphatic rings. The van der Waals surface area contributed by atoms with Crippen molar-refractivity contribution in [3.63, 3.8) is 0 Å². The number of fused-ring (bicyclic) bond motifs is 3. The number of hydrogen-bond donors (Lipinski definition) is 0. The van der Waals surface area contributed by atoms with Gasteiger partial charge in [-0.05, 0) is 88.7 Å². The minimum Gasteiger partial charge on any atom is -0.301 e. The molecule has 1 aliphatic heterocycles. The molecule has 0 bridgehead atoms. The number of rotatable bonds is 3. The van der Waals surface area contributed by atoms with Crippen molar-refractivity contribution in [2.45, 2.75) is 38.8 Å². The van der Waals surface area contributed by atoms with Gasteiger partial charge >= 0.3 is 0 Å². The van der Waals surface area contributed by atoms with Crippen LogP contribution in [0.3, 0.4) is 0 Å². The lowest BCUT2D eigenvalue weighted by molar-refractivity contribution is -0.241. The largest absolute Gasteiger partial charge is 0.301 e. The molecular weight excluding hydrogens is 426 g/mol. The van der Waals surface area contributed by atoms with E-state index in [0.29, 0.717) is 0 Å². The van der Waals surface area contributed by atoms with Gasteiger partial charge in [0.2, 0.25) is 0 Å². The van der Waals surface area contributed by atoms with Crippen LogP contribution in [0.5, 0.6) is 0 Å². The summed E-state index contributed by atoms with van der Waals surface area (Å²) in [6, 6.07) is 35.4. The SMILES string of the molecule is CON1C(C)(C)c2ccc(-c3c4ccccc4c(-c4ccccc4)c4ccccc34)cc2C1(C)C. The van der Waals surface area contributed by atoms with E-state index in [1.165, 1.54) is 54.9 Å². The molecule has 0 radical (unpaired) electrons. The van der Waals surface area contributed by atoms with E-state index in [4.69, 9.17) is 4.84 Å². The van der Waals surface area contributed by atoms with Crippen LogP contribution in [-0.4, -0.2) is 12.2 Å².